The molecule has 0 saturated carbocycles. The number of piperidine rings is 1. The minimum Gasteiger partial charge on any atom is -0.341 e. The summed E-state index contributed by atoms with van der Waals surface area (Å²) in [6.07, 6.45) is 2.08. The Morgan fingerprint density at radius 1 is 1.17 bits per heavy atom. The molecule has 3 fully saturated rings. The van der Waals surface area contributed by atoms with Gasteiger partial charge in [-0.15, -0.1) is 0 Å². The number of nitrogens with zero attached hydrogens (tertiary/aromatic N) is 4. The highest BCUT2D eigenvalue weighted by Gasteiger charge is 2.52. The first-order valence-corrected chi connectivity index (χ1v) is 12.1. The van der Waals surface area contributed by atoms with Crippen molar-refractivity contribution in [1.29, 1.82) is 0 Å². The van der Waals surface area contributed by atoms with E-state index in [1.807, 2.05) is 4.90 Å². The van der Waals surface area contributed by atoms with Crippen LogP contribution in [0.2, 0.25) is 0 Å². The maximum atomic E-state index is 15.5. The van der Waals surface area contributed by atoms with Gasteiger partial charge < -0.3 is 9.80 Å². The lowest BCUT2D eigenvalue weighted by Crippen LogP contribution is -2.72. The third kappa shape index (κ3) is 3.67. The van der Waals surface area contributed by atoms with Crippen LogP contribution in [0.1, 0.15) is 41.3 Å². The van der Waals surface area contributed by atoms with Crippen molar-refractivity contribution in [2.75, 3.05) is 26.2 Å². The average Bonchev–Trinajstić information content (AvgIpc) is 3.10. The molecule has 4 aliphatic heterocycles. The standard InChI is InChI=1S/C26H26FN5O4/c1-15(33)31-13-26(14-31)11-30(12-26)9-17-6-7-28-23(22(17)27)16-2-3-19-18(8-16)10-32(25(19)36)20-4-5-21(34)29-24(20)35/h2-3,6-8,20H,4-5,9-14H2,1H3,(H,29,34,35). The van der Waals surface area contributed by atoms with Gasteiger partial charge in [-0.05, 0) is 30.2 Å². The first-order valence-electron chi connectivity index (χ1n) is 12.1. The number of likely N-dealkylation sites (tertiary alicyclic amines) is 2. The Kier molecular flexibility index (Phi) is 5.18. The fraction of sp³-hybridized carbons (Fsp3) is 0.423. The van der Waals surface area contributed by atoms with Crippen molar-refractivity contribution in [3.8, 4) is 11.3 Å². The van der Waals surface area contributed by atoms with Crippen LogP contribution < -0.4 is 5.32 Å². The number of hydrogen-bond acceptors (Lipinski definition) is 6. The summed E-state index contributed by atoms with van der Waals surface area (Å²) in [4.78, 5) is 57.9. The molecule has 1 unspecified atom stereocenters. The normalized spacial score (nSPS) is 22.8. The molecular formula is C26H26FN5O4. The average molecular weight is 492 g/mol. The minimum absolute atomic E-state index is 0.0974. The topological polar surface area (TPSA) is 103 Å². The van der Waals surface area contributed by atoms with Crippen molar-refractivity contribution in [2.24, 2.45) is 5.41 Å². The molecule has 9 nitrogen and oxygen atoms in total. The number of amides is 4. The lowest BCUT2D eigenvalue weighted by Gasteiger charge is -2.60. The Balaban J connectivity index is 1.17. The number of halogens is 1. The van der Waals surface area contributed by atoms with Crippen LogP contribution in [0.15, 0.2) is 30.5 Å². The molecule has 5 heterocycles. The summed E-state index contributed by atoms with van der Waals surface area (Å²) in [5, 5.41) is 2.30. The lowest BCUT2D eigenvalue weighted by atomic mass is 9.72. The first kappa shape index (κ1) is 22.8. The molecule has 4 amide bonds. The fourth-order valence-electron chi connectivity index (χ4n) is 5.97. The molecule has 1 atom stereocenters. The van der Waals surface area contributed by atoms with Gasteiger partial charge in [0.15, 0.2) is 5.82 Å². The van der Waals surface area contributed by atoms with Crippen LogP contribution in [0.5, 0.6) is 0 Å². The molecule has 1 aromatic heterocycles. The smallest absolute Gasteiger partial charge is 0.255 e. The SMILES string of the molecule is CC(=O)N1CC2(CN(Cc3ccnc(-c4ccc5c(c4)CN(C4CCC(=O)NC4=O)C5=O)c3F)C2)C1. The summed E-state index contributed by atoms with van der Waals surface area (Å²) in [7, 11) is 0. The summed E-state index contributed by atoms with van der Waals surface area (Å²) >= 11 is 0. The number of carbonyl (C=O) groups excluding carboxylic acids is 4. The second-order valence-electron chi connectivity index (χ2n) is 10.4. The number of nitrogens with one attached hydrogen (secondary N) is 1. The summed E-state index contributed by atoms with van der Waals surface area (Å²) in [6, 6.07) is 6.10. The maximum Gasteiger partial charge on any atom is 0.255 e. The van der Waals surface area contributed by atoms with Crippen molar-refractivity contribution in [2.45, 2.75) is 38.9 Å². The second kappa shape index (κ2) is 8.19. The molecule has 36 heavy (non-hydrogen) atoms. The predicted molar refractivity (Wildman–Crippen MR) is 126 cm³/mol. The van der Waals surface area contributed by atoms with Crippen LogP contribution >= 0.6 is 0 Å². The summed E-state index contributed by atoms with van der Waals surface area (Å²) in [5.74, 6) is -1.34. The molecule has 1 spiro atoms. The van der Waals surface area contributed by atoms with Crippen molar-refractivity contribution in [3.05, 3.63) is 53.0 Å². The van der Waals surface area contributed by atoms with Gasteiger partial charge in [0, 0.05) is 80.9 Å². The van der Waals surface area contributed by atoms with Gasteiger partial charge in [-0.3, -0.25) is 34.4 Å². The van der Waals surface area contributed by atoms with Crippen LogP contribution in [-0.4, -0.2) is 75.5 Å². The van der Waals surface area contributed by atoms with Crippen molar-refractivity contribution < 1.29 is 23.6 Å². The first-order chi connectivity index (χ1) is 17.2. The van der Waals surface area contributed by atoms with Crippen molar-refractivity contribution >= 4 is 23.6 Å². The van der Waals surface area contributed by atoms with Gasteiger partial charge in [0.1, 0.15) is 11.7 Å². The summed E-state index contributed by atoms with van der Waals surface area (Å²) in [5.41, 5.74) is 2.69. The van der Waals surface area contributed by atoms with Crippen LogP contribution in [0.25, 0.3) is 11.3 Å². The van der Waals surface area contributed by atoms with E-state index in [2.05, 4.69) is 15.2 Å². The number of hydrogen-bond donors (Lipinski definition) is 1. The van der Waals surface area contributed by atoms with E-state index in [4.69, 9.17) is 0 Å². The molecule has 3 saturated heterocycles. The molecule has 6 rings (SSSR count). The molecule has 0 bridgehead atoms. The van der Waals surface area contributed by atoms with Gasteiger partial charge in [-0.1, -0.05) is 6.07 Å². The zero-order valence-electron chi connectivity index (χ0n) is 19.9. The van der Waals surface area contributed by atoms with E-state index in [-0.39, 0.29) is 47.6 Å². The van der Waals surface area contributed by atoms with Crippen LogP contribution in [0.3, 0.4) is 0 Å². The number of imide groups is 1. The van der Waals surface area contributed by atoms with Gasteiger partial charge in [0.25, 0.3) is 5.91 Å². The highest BCUT2D eigenvalue weighted by atomic mass is 19.1. The zero-order chi connectivity index (χ0) is 25.2. The molecule has 1 N–H and O–H groups in total. The maximum absolute atomic E-state index is 15.5. The zero-order valence-corrected chi connectivity index (χ0v) is 19.9. The van der Waals surface area contributed by atoms with Crippen molar-refractivity contribution in [1.82, 2.24) is 25.0 Å². The number of pyridine rings is 1. The minimum atomic E-state index is -0.692. The quantitative estimate of drug-likeness (QED) is 0.647. The van der Waals surface area contributed by atoms with Gasteiger partial charge >= 0.3 is 0 Å². The summed E-state index contributed by atoms with van der Waals surface area (Å²) in [6.45, 7) is 5.49. The molecule has 0 aliphatic carbocycles. The van der Waals surface area contributed by atoms with Gasteiger partial charge in [0.2, 0.25) is 17.7 Å². The number of benzene rings is 1. The summed E-state index contributed by atoms with van der Waals surface area (Å²) < 4.78 is 15.5. The Morgan fingerprint density at radius 2 is 1.94 bits per heavy atom. The van der Waals surface area contributed by atoms with Gasteiger partial charge in [-0.2, -0.15) is 0 Å². The molecule has 186 valence electrons. The van der Waals surface area contributed by atoms with Crippen LogP contribution in [0.4, 0.5) is 4.39 Å². The Labute approximate surface area is 207 Å². The van der Waals surface area contributed by atoms with Crippen molar-refractivity contribution in [3.63, 3.8) is 0 Å². The largest absolute Gasteiger partial charge is 0.341 e. The van der Waals surface area contributed by atoms with Crippen LogP contribution in [-0.2, 0) is 27.5 Å². The van der Waals surface area contributed by atoms with E-state index < -0.39 is 11.9 Å². The third-order valence-corrected chi connectivity index (χ3v) is 7.78. The van der Waals surface area contributed by atoms with E-state index in [9.17, 15) is 19.2 Å². The van der Waals surface area contributed by atoms with E-state index in [1.54, 1.807) is 37.4 Å². The second-order valence-corrected chi connectivity index (χ2v) is 10.4. The Morgan fingerprint density at radius 3 is 2.67 bits per heavy atom. The highest BCUT2D eigenvalue weighted by Crippen LogP contribution is 2.40. The Bertz CT molecular complexity index is 1310. The predicted octanol–water partition coefficient (Wildman–Crippen LogP) is 1.31. The highest BCUT2D eigenvalue weighted by molar-refractivity contribution is 6.05. The van der Waals surface area contributed by atoms with E-state index in [1.165, 1.54) is 4.90 Å². The van der Waals surface area contributed by atoms with E-state index in [0.29, 0.717) is 35.2 Å². The van der Waals surface area contributed by atoms with E-state index in [0.717, 1.165) is 26.2 Å². The molecule has 10 heteroatoms. The molecule has 4 aliphatic rings. The third-order valence-electron chi connectivity index (χ3n) is 7.78. The van der Waals surface area contributed by atoms with E-state index >= 15 is 4.39 Å². The molecule has 2 aromatic rings. The number of fused-ring (bicyclic) bond motifs is 1. The van der Waals surface area contributed by atoms with Gasteiger partial charge in [-0.25, -0.2) is 4.39 Å². The lowest BCUT2D eigenvalue weighted by molar-refractivity contribution is -0.157. The van der Waals surface area contributed by atoms with Crippen LogP contribution in [0, 0.1) is 11.2 Å². The molecular weight excluding hydrogens is 465 g/mol. The number of rotatable bonds is 4. The van der Waals surface area contributed by atoms with Gasteiger partial charge in [0.05, 0.1) is 0 Å². The molecule has 1 aromatic carbocycles. The number of aromatic nitrogens is 1. The Hall–Kier alpha value is -3.66. The molecule has 0 radical (unpaired) electrons. The number of carbonyl (C=O) groups is 4. The fourth-order valence-corrected chi connectivity index (χ4v) is 5.97. The monoisotopic (exact) mass is 491 g/mol.